The third kappa shape index (κ3) is 3.77. The average Bonchev–Trinajstić information content (AvgIpc) is 2.97. The largest absolute Gasteiger partial charge is 0.343 e. The Morgan fingerprint density at radius 1 is 1.00 bits per heavy atom. The van der Waals surface area contributed by atoms with Gasteiger partial charge in [-0.1, -0.05) is 29.8 Å². The smallest absolute Gasteiger partial charge is 0.276 e. The summed E-state index contributed by atoms with van der Waals surface area (Å²) in [6.45, 7) is 9.84. The fraction of sp³-hybridized carbons (Fsp3) is 0.435. The second-order valence-electron chi connectivity index (χ2n) is 8.32. The first-order chi connectivity index (χ1) is 14.3. The number of hydrogen-bond donors (Lipinski definition) is 0. The molecule has 2 aromatic heterocycles. The van der Waals surface area contributed by atoms with E-state index in [2.05, 4.69) is 45.8 Å². The summed E-state index contributed by atoms with van der Waals surface area (Å²) in [7, 11) is 2.05. The first-order valence-corrected chi connectivity index (χ1v) is 10.4. The molecule has 3 heterocycles. The highest BCUT2D eigenvalue weighted by Crippen LogP contribution is 2.23. The Morgan fingerprint density at radius 2 is 1.67 bits per heavy atom. The molecule has 30 heavy (non-hydrogen) atoms. The number of nitrogens with zero attached hydrogens (tertiary/aromatic N) is 5. The van der Waals surface area contributed by atoms with Crippen LogP contribution in [-0.2, 0) is 17.9 Å². The maximum absolute atomic E-state index is 13.2. The summed E-state index contributed by atoms with van der Waals surface area (Å²) < 4.78 is 3.47. The van der Waals surface area contributed by atoms with Gasteiger partial charge in [0.1, 0.15) is 6.54 Å². The molecule has 1 amide bonds. The summed E-state index contributed by atoms with van der Waals surface area (Å²) in [6, 6.07) is 8.43. The number of carbonyl (C=O) groups excluding carboxylic acids is 1. The Bertz CT molecular complexity index is 1140. The van der Waals surface area contributed by atoms with Gasteiger partial charge in [-0.3, -0.25) is 9.59 Å². The van der Waals surface area contributed by atoms with Gasteiger partial charge in [0.05, 0.1) is 11.6 Å². The normalized spacial score (nSPS) is 15.1. The molecular weight excluding hydrogens is 378 g/mol. The van der Waals surface area contributed by atoms with Crippen LogP contribution in [0.2, 0.25) is 0 Å². The van der Waals surface area contributed by atoms with E-state index >= 15 is 0 Å². The Kier molecular flexibility index (Phi) is 5.47. The van der Waals surface area contributed by atoms with Crippen molar-refractivity contribution in [3.05, 3.63) is 63.3 Å². The van der Waals surface area contributed by atoms with Crippen LogP contribution in [0.15, 0.2) is 35.3 Å². The number of amides is 1. The number of carbonyl (C=O) groups is 1. The predicted molar refractivity (Wildman–Crippen MR) is 118 cm³/mol. The monoisotopic (exact) mass is 407 g/mol. The highest BCUT2D eigenvalue weighted by molar-refractivity contribution is 5.87. The van der Waals surface area contributed by atoms with Crippen molar-refractivity contribution >= 4 is 16.7 Å². The van der Waals surface area contributed by atoms with E-state index < -0.39 is 0 Å². The van der Waals surface area contributed by atoms with E-state index in [9.17, 15) is 9.59 Å². The molecule has 0 atom stereocenters. The Morgan fingerprint density at radius 3 is 2.33 bits per heavy atom. The molecule has 0 aliphatic carbocycles. The van der Waals surface area contributed by atoms with Gasteiger partial charge >= 0.3 is 0 Å². The molecule has 158 valence electrons. The van der Waals surface area contributed by atoms with E-state index in [1.54, 1.807) is 6.20 Å². The number of fused-ring (bicyclic) bond motifs is 1. The van der Waals surface area contributed by atoms with E-state index in [0.717, 1.165) is 29.9 Å². The van der Waals surface area contributed by atoms with Crippen LogP contribution in [-0.4, -0.2) is 63.3 Å². The van der Waals surface area contributed by atoms with Crippen LogP contribution in [0.25, 0.3) is 10.8 Å². The van der Waals surface area contributed by atoms with Crippen molar-refractivity contribution in [2.24, 2.45) is 0 Å². The van der Waals surface area contributed by atoms with Crippen LogP contribution >= 0.6 is 0 Å². The second kappa shape index (κ2) is 8.07. The summed E-state index contributed by atoms with van der Waals surface area (Å²) >= 11 is 0. The van der Waals surface area contributed by atoms with Gasteiger partial charge < -0.3 is 14.4 Å². The topological polar surface area (TPSA) is 63.4 Å². The fourth-order valence-electron chi connectivity index (χ4n) is 4.15. The minimum Gasteiger partial charge on any atom is -0.343 e. The van der Waals surface area contributed by atoms with Crippen molar-refractivity contribution < 1.29 is 4.79 Å². The fourth-order valence-corrected chi connectivity index (χ4v) is 4.15. The molecule has 4 rings (SSSR count). The van der Waals surface area contributed by atoms with Gasteiger partial charge in [0.25, 0.3) is 5.56 Å². The number of aromatic nitrogens is 3. The molecule has 1 fully saturated rings. The molecule has 0 spiro atoms. The first-order valence-electron chi connectivity index (χ1n) is 10.4. The molecule has 1 saturated heterocycles. The maximum atomic E-state index is 13.2. The zero-order chi connectivity index (χ0) is 21.4. The number of piperazine rings is 1. The molecule has 1 aliphatic rings. The lowest BCUT2D eigenvalue weighted by Crippen LogP contribution is -2.48. The maximum Gasteiger partial charge on any atom is 0.276 e. The molecule has 0 saturated carbocycles. The van der Waals surface area contributed by atoms with Crippen molar-refractivity contribution in [1.82, 2.24) is 24.1 Å². The van der Waals surface area contributed by atoms with Crippen LogP contribution in [0.4, 0.5) is 0 Å². The SMILES string of the molecule is Cc1ccc(Cn2c(C)c3cnn(CC(=O)N4CCN(C)CC4)c(=O)c3c2C)cc1. The first kappa shape index (κ1) is 20.3. The predicted octanol–water partition coefficient (Wildman–Crippen LogP) is 1.95. The molecule has 1 aliphatic heterocycles. The lowest BCUT2D eigenvalue weighted by molar-refractivity contribution is -0.133. The van der Waals surface area contributed by atoms with Gasteiger partial charge in [0.2, 0.25) is 5.91 Å². The summed E-state index contributed by atoms with van der Waals surface area (Å²) in [5, 5.41) is 5.83. The van der Waals surface area contributed by atoms with E-state index in [-0.39, 0.29) is 18.0 Å². The van der Waals surface area contributed by atoms with Gasteiger partial charge in [0.15, 0.2) is 0 Å². The number of hydrogen-bond acceptors (Lipinski definition) is 4. The number of rotatable bonds is 4. The van der Waals surface area contributed by atoms with Crippen molar-refractivity contribution in [3.63, 3.8) is 0 Å². The molecule has 0 unspecified atom stereocenters. The Labute approximate surface area is 176 Å². The molecular formula is C23H29N5O2. The molecule has 1 aromatic carbocycles. The standard InChI is InChI=1S/C23H29N5O2/c1-16-5-7-19(8-6-16)14-27-17(2)20-13-24-28(23(30)22(20)18(27)3)15-21(29)26-11-9-25(4)10-12-26/h5-8,13H,9-12,14-15H2,1-4H3. The highest BCUT2D eigenvalue weighted by Gasteiger charge is 2.22. The van der Waals surface area contributed by atoms with Crippen LogP contribution in [0.3, 0.4) is 0 Å². The third-order valence-electron chi connectivity index (χ3n) is 6.21. The van der Waals surface area contributed by atoms with Gasteiger partial charge in [-0.25, -0.2) is 4.68 Å². The quantitative estimate of drug-likeness (QED) is 0.663. The number of likely N-dealkylation sites (N-methyl/N-ethyl adjacent to an activating group) is 1. The highest BCUT2D eigenvalue weighted by atomic mass is 16.2. The van der Waals surface area contributed by atoms with Crippen molar-refractivity contribution in [2.75, 3.05) is 33.2 Å². The van der Waals surface area contributed by atoms with Crippen LogP contribution < -0.4 is 5.56 Å². The second-order valence-corrected chi connectivity index (χ2v) is 8.32. The average molecular weight is 408 g/mol. The van der Waals surface area contributed by atoms with Gasteiger partial charge in [-0.15, -0.1) is 0 Å². The van der Waals surface area contributed by atoms with E-state index in [1.807, 2.05) is 25.8 Å². The molecule has 7 heteroatoms. The Hall–Kier alpha value is -2.93. The molecule has 3 aromatic rings. The molecule has 0 radical (unpaired) electrons. The third-order valence-corrected chi connectivity index (χ3v) is 6.21. The zero-order valence-electron chi connectivity index (χ0n) is 18.2. The van der Waals surface area contributed by atoms with Gasteiger partial charge in [-0.05, 0) is 33.4 Å². The van der Waals surface area contributed by atoms with E-state index in [0.29, 0.717) is 25.0 Å². The summed E-state index contributed by atoms with van der Waals surface area (Å²) in [5.74, 6) is -0.0505. The number of aryl methyl sites for hydroxylation is 3. The van der Waals surface area contributed by atoms with E-state index in [4.69, 9.17) is 0 Å². The molecule has 7 nitrogen and oxygen atoms in total. The van der Waals surface area contributed by atoms with Crippen molar-refractivity contribution in [3.8, 4) is 0 Å². The lowest BCUT2D eigenvalue weighted by atomic mass is 10.1. The summed E-state index contributed by atoms with van der Waals surface area (Å²) in [6.07, 6.45) is 1.72. The van der Waals surface area contributed by atoms with E-state index in [1.165, 1.54) is 15.8 Å². The zero-order valence-corrected chi connectivity index (χ0v) is 18.2. The van der Waals surface area contributed by atoms with Crippen LogP contribution in [0, 0.1) is 20.8 Å². The Balaban J connectivity index is 1.63. The minimum atomic E-state index is -0.196. The molecule has 0 N–H and O–H groups in total. The van der Waals surface area contributed by atoms with Crippen molar-refractivity contribution in [2.45, 2.75) is 33.9 Å². The van der Waals surface area contributed by atoms with Crippen LogP contribution in [0.5, 0.6) is 0 Å². The van der Waals surface area contributed by atoms with Gasteiger partial charge in [0, 0.05) is 49.5 Å². The minimum absolute atomic E-state index is 0.0138. The summed E-state index contributed by atoms with van der Waals surface area (Å²) in [5.41, 5.74) is 4.15. The molecule has 0 bridgehead atoms. The lowest BCUT2D eigenvalue weighted by Gasteiger charge is -2.32. The van der Waals surface area contributed by atoms with Gasteiger partial charge in [-0.2, -0.15) is 5.10 Å². The van der Waals surface area contributed by atoms with Crippen LogP contribution in [0.1, 0.15) is 22.5 Å². The number of benzene rings is 1. The summed E-state index contributed by atoms with van der Waals surface area (Å²) in [4.78, 5) is 29.9. The van der Waals surface area contributed by atoms with Crippen molar-refractivity contribution in [1.29, 1.82) is 0 Å².